The molecule has 0 amide bonds. The fraction of sp³-hybridized carbons (Fsp3) is 0.235. The summed E-state index contributed by atoms with van der Waals surface area (Å²) in [6.45, 7) is 0.306. The van der Waals surface area contributed by atoms with Crippen molar-refractivity contribution >= 4 is 17.0 Å². The predicted octanol–water partition coefficient (Wildman–Crippen LogP) is 4.36. The first-order chi connectivity index (χ1) is 12.9. The van der Waals surface area contributed by atoms with Gasteiger partial charge in [0.1, 0.15) is 0 Å². The Morgan fingerprint density at radius 3 is 2.81 bits per heavy atom. The van der Waals surface area contributed by atoms with Crippen molar-refractivity contribution in [1.82, 2.24) is 15.0 Å². The Morgan fingerprint density at radius 2 is 2.11 bits per heavy atom. The third-order valence-electron chi connectivity index (χ3n) is 3.26. The van der Waals surface area contributed by atoms with E-state index in [1.165, 1.54) is 37.7 Å². The molecule has 0 aliphatic heterocycles. The molecule has 7 nitrogen and oxygen atoms in total. The van der Waals surface area contributed by atoms with Crippen molar-refractivity contribution in [3.8, 4) is 17.4 Å². The number of hydrogen-bond donors (Lipinski definition) is 0. The molecule has 3 aromatic heterocycles. The van der Waals surface area contributed by atoms with Crippen LogP contribution in [0.5, 0.6) is 17.4 Å². The Labute approximate surface area is 151 Å². The summed E-state index contributed by atoms with van der Waals surface area (Å²) in [4.78, 5) is 12.2. The number of allylic oxidation sites excluding steroid dienone is 1. The van der Waals surface area contributed by atoms with E-state index in [2.05, 4.69) is 15.0 Å². The zero-order valence-electron chi connectivity index (χ0n) is 14.3. The van der Waals surface area contributed by atoms with Crippen molar-refractivity contribution in [3.05, 3.63) is 42.6 Å². The van der Waals surface area contributed by atoms with Crippen molar-refractivity contribution in [2.75, 3.05) is 13.7 Å². The average Bonchev–Trinajstić information content (AvgIpc) is 3.04. The smallest absolute Gasteiger partial charge is 0.422 e. The van der Waals surface area contributed by atoms with Crippen LogP contribution in [0.1, 0.15) is 12.8 Å². The molecule has 3 aromatic rings. The third-order valence-corrected chi connectivity index (χ3v) is 3.26. The van der Waals surface area contributed by atoms with E-state index in [1.54, 1.807) is 13.0 Å². The number of rotatable bonds is 6. The first-order valence-corrected chi connectivity index (χ1v) is 7.69. The standard InChI is InChI=1S/C17H14F3N3O4/c1-3-11(24-2)16-23-14-13(27-16)7-10(8-22-14)26-15-12(5-4-6-21-15)25-9-17(18,19)20/h3-8H,9H2,1-2H3/b11-3-. The number of alkyl halides is 3. The van der Waals surface area contributed by atoms with E-state index in [0.717, 1.165) is 0 Å². The Hall–Kier alpha value is -3.30. The minimum Gasteiger partial charge on any atom is -0.491 e. The first-order valence-electron chi connectivity index (χ1n) is 7.69. The van der Waals surface area contributed by atoms with Crippen molar-refractivity contribution in [2.24, 2.45) is 0 Å². The molecular weight excluding hydrogens is 367 g/mol. The number of aromatic nitrogens is 3. The predicted molar refractivity (Wildman–Crippen MR) is 88.3 cm³/mol. The summed E-state index contributed by atoms with van der Waals surface area (Å²) < 4.78 is 58.1. The number of ether oxygens (including phenoxy) is 3. The average molecular weight is 381 g/mol. The highest BCUT2D eigenvalue weighted by Gasteiger charge is 2.29. The van der Waals surface area contributed by atoms with Gasteiger partial charge in [-0.1, -0.05) is 0 Å². The molecule has 0 unspecified atom stereocenters. The summed E-state index contributed by atoms with van der Waals surface area (Å²) in [6.07, 6.45) is -0.0832. The molecular formula is C17H14F3N3O4. The van der Waals surface area contributed by atoms with Gasteiger partial charge in [0, 0.05) is 12.3 Å². The van der Waals surface area contributed by atoms with Crippen LogP contribution in [0, 0.1) is 0 Å². The van der Waals surface area contributed by atoms with Crippen LogP contribution < -0.4 is 9.47 Å². The van der Waals surface area contributed by atoms with E-state index in [9.17, 15) is 13.2 Å². The van der Waals surface area contributed by atoms with Crippen LogP contribution in [0.3, 0.4) is 0 Å². The van der Waals surface area contributed by atoms with Crippen LogP contribution in [0.25, 0.3) is 17.0 Å². The van der Waals surface area contributed by atoms with Gasteiger partial charge in [-0.3, -0.25) is 0 Å². The minimum absolute atomic E-state index is 0.131. The molecule has 10 heteroatoms. The van der Waals surface area contributed by atoms with Gasteiger partial charge in [-0.25, -0.2) is 9.97 Å². The van der Waals surface area contributed by atoms with Crippen LogP contribution in [0.4, 0.5) is 13.2 Å². The highest BCUT2D eigenvalue weighted by Crippen LogP contribution is 2.31. The molecule has 0 radical (unpaired) electrons. The topological polar surface area (TPSA) is 79.5 Å². The Balaban J connectivity index is 1.85. The Morgan fingerprint density at radius 1 is 1.30 bits per heavy atom. The monoisotopic (exact) mass is 381 g/mol. The van der Waals surface area contributed by atoms with Crippen LogP contribution in [0.15, 0.2) is 41.1 Å². The van der Waals surface area contributed by atoms with Gasteiger partial charge in [0.25, 0.3) is 11.8 Å². The molecule has 0 bridgehead atoms. The summed E-state index contributed by atoms with van der Waals surface area (Å²) in [6, 6.07) is 4.25. The van der Waals surface area contributed by atoms with Gasteiger partial charge in [-0.05, 0) is 25.1 Å². The number of pyridine rings is 2. The lowest BCUT2D eigenvalue weighted by Crippen LogP contribution is -2.19. The van der Waals surface area contributed by atoms with Gasteiger partial charge >= 0.3 is 6.18 Å². The lowest BCUT2D eigenvalue weighted by Gasteiger charge is -2.12. The normalized spacial score (nSPS) is 12.3. The Bertz CT molecular complexity index is 969. The molecule has 0 fully saturated rings. The summed E-state index contributed by atoms with van der Waals surface area (Å²) in [5, 5.41) is 0. The van der Waals surface area contributed by atoms with Crippen molar-refractivity contribution in [3.63, 3.8) is 0 Å². The van der Waals surface area contributed by atoms with E-state index < -0.39 is 12.8 Å². The third kappa shape index (κ3) is 4.46. The van der Waals surface area contributed by atoms with E-state index in [1.807, 2.05) is 0 Å². The first kappa shape index (κ1) is 18.5. The van der Waals surface area contributed by atoms with Gasteiger partial charge in [0.15, 0.2) is 35.1 Å². The second-order valence-electron chi connectivity index (χ2n) is 5.18. The molecule has 3 heterocycles. The SMILES string of the molecule is C/C=C(\OC)c1nc2ncc(Oc3ncccc3OCC(F)(F)F)cc2o1. The molecule has 0 atom stereocenters. The van der Waals surface area contributed by atoms with E-state index >= 15 is 0 Å². The summed E-state index contributed by atoms with van der Waals surface area (Å²) >= 11 is 0. The van der Waals surface area contributed by atoms with E-state index in [0.29, 0.717) is 17.0 Å². The lowest BCUT2D eigenvalue weighted by atomic mass is 10.4. The van der Waals surface area contributed by atoms with E-state index in [-0.39, 0.29) is 23.3 Å². The van der Waals surface area contributed by atoms with Crippen LogP contribution in [-0.4, -0.2) is 34.8 Å². The fourth-order valence-electron chi connectivity index (χ4n) is 2.13. The summed E-state index contributed by atoms with van der Waals surface area (Å²) in [7, 11) is 1.48. The maximum atomic E-state index is 12.4. The van der Waals surface area contributed by atoms with Gasteiger partial charge in [-0.2, -0.15) is 18.2 Å². The van der Waals surface area contributed by atoms with Crippen LogP contribution >= 0.6 is 0 Å². The molecule has 0 aromatic carbocycles. The summed E-state index contributed by atoms with van der Waals surface area (Å²) in [5.74, 6) is 0.590. The largest absolute Gasteiger partial charge is 0.491 e. The maximum Gasteiger partial charge on any atom is 0.422 e. The highest BCUT2D eigenvalue weighted by molar-refractivity contribution is 5.72. The molecule has 3 rings (SSSR count). The second-order valence-corrected chi connectivity index (χ2v) is 5.18. The Kier molecular flexibility index (Phi) is 5.15. The molecule has 0 aliphatic rings. The highest BCUT2D eigenvalue weighted by atomic mass is 19.4. The van der Waals surface area contributed by atoms with Crippen LogP contribution in [-0.2, 0) is 4.74 Å². The zero-order valence-corrected chi connectivity index (χ0v) is 14.3. The minimum atomic E-state index is -4.48. The zero-order chi connectivity index (χ0) is 19.4. The molecule has 0 N–H and O–H groups in total. The fourth-order valence-corrected chi connectivity index (χ4v) is 2.13. The summed E-state index contributed by atoms with van der Waals surface area (Å²) in [5.41, 5.74) is 0.635. The van der Waals surface area contributed by atoms with Gasteiger partial charge in [-0.15, -0.1) is 0 Å². The van der Waals surface area contributed by atoms with Crippen molar-refractivity contribution in [1.29, 1.82) is 0 Å². The molecule has 0 saturated heterocycles. The van der Waals surface area contributed by atoms with Crippen LogP contribution in [0.2, 0.25) is 0 Å². The number of methoxy groups -OCH3 is 1. The second kappa shape index (κ2) is 7.52. The van der Waals surface area contributed by atoms with Crippen molar-refractivity contribution in [2.45, 2.75) is 13.1 Å². The van der Waals surface area contributed by atoms with Gasteiger partial charge in [0.2, 0.25) is 0 Å². The molecule has 0 saturated carbocycles. The van der Waals surface area contributed by atoms with Crippen molar-refractivity contribution < 1.29 is 31.8 Å². The quantitative estimate of drug-likeness (QED) is 0.587. The molecule has 0 spiro atoms. The lowest BCUT2D eigenvalue weighted by molar-refractivity contribution is -0.153. The number of hydrogen-bond acceptors (Lipinski definition) is 7. The molecule has 142 valence electrons. The van der Waals surface area contributed by atoms with Gasteiger partial charge < -0.3 is 18.6 Å². The maximum absolute atomic E-state index is 12.4. The molecule has 0 aliphatic carbocycles. The number of nitrogens with zero attached hydrogens (tertiary/aromatic N) is 3. The number of oxazole rings is 1. The number of fused-ring (bicyclic) bond motifs is 1. The van der Waals surface area contributed by atoms with E-state index in [4.69, 9.17) is 18.6 Å². The molecule has 27 heavy (non-hydrogen) atoms. The number of halogens is 3. The van der Waals surface area contributed by atoms with Gasteiger partial charge in [0.05, 0.1) is 13.3 Å².